The molecule has 0 radical (unpaired) electrons. The van der Waals surface area contributed by atoms with E-state index in [1.165, 1.54) is 50.5 Å². The SMILES string of the molecule is C=C(C)C(C)CCC1CCCCC1CC. The molecule has 1 fully saturated rings. The Hall–Kier alpha value is -0.260. The molecule has 3 unspecified atom stereocenters. The maximum absolute atomic E-state index is 4.06. The van der Waals surface area contributed by atoms with E-state index in [-0.39, 0.29) is 0 Å². The first kappa shape index (κ1) is 12.8. The highest BCUT2D eigenvalue weighted by Gasteiger charge is 2.23. The quantitative estimate of drug-likeness (QED) is 0.545. The summed E-state index contributed by atoms with van der Waals surface area (Å²) in [6.45, 7) is 10.9. The van der Waals surface area contributed by atoms with Crippen molar-refractivity contribution in [1.29, 1.82) is 0 Å². The Morgan fingerprint density at radius 3 is 2.40 bits per heavy atom. The van der Waals surface area contributed by atoms with Crippen LogP contribution in [0, 0.1) is 17.8 Å². The number of hydrogen-bond donors (Lipinski definition) is 0. The first-order valence-corrected chi connectivity index (χ1v) is 6.80. The van der Waals surface area contributed by atoms with E-state index in [1.807, 2.05) is 0 Å². The van der Waals surface area contributed by atoms with Gasteiger partial charge in [-0.2, -0.15) is 0 Å². The minimum atomic E-state index is 0.726. The monoisotopic (exact) mass is 208 g/mol. The second-order valence-corrected chi connectivity index (χ2v) is 5.54. The van der Waals surface area contributed by atoms with E-state index in [9.17, 15) is 0 Å². The zero-order valence-electron chi connectivity index (χ0n) is 10.9. The van der Waals surface area contributed by atoms with Crippen LogP contribution in [-0.2, 0) is 0 Å². The van der Waals surface area contributed by atoms with Crippen LogP contribution in [0.4, 0.5) is 0 Å². The molecule has 0 amide bonds. The number of rotatable bonds is 5. The minimum Gasteiger partial charge on any atom is -0.0999 e. The highest BCUT2D eigenvalue weighted by atomic mass is 14.3. The standard InChI is InChI=1S/C15H28/c1-5-14-8-6-7-9-15(14)11-10-13(4)12(2)3/h13-15H,2,5-11H2,1,3-4H3. The van der Waals surface area contributed by atoms with Crippen molar-refractivity contribution < 1.29 is 0 Å². The molecule has 0 saturated heterocycles. The van der Waals surface area contributed by atoms with Gasteiger partial charge in [0.25, 0.3) is 0 Å². The van der Waals surface area contributed by atoms with Gasteiger partial charge in [-0.3, -0.25) is 0 Å². The van der Waals surface area contributed by atoms with Gasteiger partial charge >= 0.3 is 0 Å². The molecule has 0 aromatic heterocycles. The van der Waals surface area contributed by atoms with Crippen molar-refractivity contribution in [1.82, 2.24) is 0 Å². The highest BCUT2D eigenvalue weighted by Crippen LogP contribution is 2.36. The molecular formula is C15H28. The summed E-state index contributed by atoms with van der Waals surface area (Å²) in [5, 5.41) is 0. The molecule has 0 aromatic carbocycles. The van der Waals surface area contributed by atoms with Crippen molar-refractivity contribution in [3.05, 3.63) is 12.2 Å². The fourth-order valence-electron chi connectivity index (χ4n) is 2.91. The van der Waals surface area contributed by atoms with Crippen molar-refractivity contribution in [2.75, 3.05) is 0 Å². The van der Waals surface area contributed by atoms with Crippen LogP contribution in [0.25, 0.3) is 0 Å². The Morgan fingerprint density at radius 2 is 1.87 bits per heavy atom. The van der Waals surface area contributed by atoms with Crippen molar-refractivity contribution in [2.45, 2.75) is 65.7 Å². The molecule has 0 bridgehead atoms. The van der Waals surface area contributed by atoms with E-state index in [0.29, 0.717) is 0 Å². The van der Waals surface area contributed by atoms with Gasteiger partial charge < -0.3 is 0 Å². The van der Waals surface area contributed by atoms with E-state index < -0.39 is 0 Å². The van der Waals surface area contributed by atoms with Crippen LogP contribution < -0.4 is 0 Å². The molecule has 0 N–H and O–H groups in total. The fraction of sp³-hybridized carbons (Fsp3) is 0.867. The smallest absolute Gasteiger partial charge is 0.0237 e. The van der Waals surface area contributed by atoms with E-state index >= 15 is 0 Å². The lowest BCUT2D eigenvalue weighted by molar-refractivity contribution is 0.209. The summed E-state index contributed by atoms with van der Waals surface area (Å²) in [7, 11) is 0. The lowest BCUT2D eigenvalue weighted by atomic mass is 9.74. The van der Waals surface area contributed by atoms with Crippen LogP contribution in [0.15, 0.2) is 12.2 Å². The van der Waals surface area contributed by atoms with E-state index in [0.717, 1.165) is 17.8 Å². The maximum Gasteiger partial charge on any atom is -0.0237 e. The lowest BCUT2D eigenvalue weighted by Crippen LogP contribution is -2.19. The maximum atomic E-state index is 4.06. The second kappa shape index (κ2) is 6.35. The summed E-state index contributed by atoms with van der Waals surface area (Å²) in [6, 6.07) is 0. The van der Waals surface area contributed by atoms with Crippen molar-refractivity contribution in [3.63, 3.8) is 0 Å². The molecule has 0 heterocycles. The molecule has 0 aromatic rings. The molecule has 0 aliphatic heterocycles. The zero-order chi connectivity index (χ0) is 11.3. The molecule has 15 heavy (non-hydrogen) atoms. The van der Waals surface area contributed by atoms with E-state index in [1.54, 1.807) is 0 Å². The van der Waals surface area contributed by atoms with Crippen molar-refractivity contribution in [3.8, 4) is 0 Å². The molecule has 1 rings (SSSR count). The summed E-state index contributed by atoms with van der Waals surface area (Å²) in [4.78, 5) is 0. The van der Waals surface area contributed by atoms with Gasteiger partial charge in [0.05, 0.1) is 0 Å². The van der Waals surface area contributed by atoms with Crippen LogP contribution >= 0.6 is 0 Å². The van der Waals surface area contributed by atoms with Crippen molar-refractivity contribution >= 4 is 0 Å². The summed E-state index contributed by atoms with van der Waals surface area (Å²) in [6.07, 6.45) is 10.1. The normalized spacial score (nSPS) is 28.7. The van der Waals surface area contributed by atoms with Crippen LogP contribution in [0.1, 0.15) is 65.7 Å². The van der Waals surface area contributed by atoms with Gasteiger partial charge in [-0.15, -0.1) is 0 Å². The molecule has 1 aliphatic rings. The fourth-order valence-corrected chi connectivity index (χ4v) is 2.91. The molecule has 0 heteroatoms. The lowest BCUT2D eigenvalue weighted by Gasteiger charge is -2.31. The topological polar surface area (TPSA) is 0 Å². The van der Waals surface area contributed by atoms with Crippen LogP contribution in [-0.4, -0.2) is 0 Å². The third kappa shape index (κ3) is 4.01. The summed E-state index contributed by atoms with van der Waals surface area (Å²) in [5.74, 6) is 2.77. The molecule has 88 valence electrons. The molecule has 1 aliphatic carbocycles. The molecule has 0 spiro atoms. The molecule has 3 atom stereocenters. The van der Waals surface area contributed by atoms with Gasteiger partial charge in [-0.05, 0) is 37.5 Å². The summed E-state index contributed by atoms with van der Waals surface area (Å²) >= 11 is 0. The van der Waals surface area contributed by atoms with Gasteiger partial charge in [0.2, 0.25) is 0 Å². The first-order chi connectivity index (χ1) is 7.15. The van der Waals surface area contributed by atoms with Gasteiger partial charge in [0, 0.05) is 0 Å². The summed E-state index contributed by atoms with van der Waals surface area (Å²) in [5.41, 5.74) is 1.36. The third-order valence-corrected chi connectivity index (χ3v) is 4.40. The van der Waals surface area contributed by atoms with Crippen LogP contribution in [0.2, 0.25) is 0 Å². The highest BCUT2D eigenvalue weighted by molar-refractivity contribution is 4.94. The Morgan fingerprint density at radius 1 is 1.27 bits per heavy atom. The second-order valence-electron chi connectivity index (χ2n) is 5.54. The molecule has 0 nitrogen and oxygen atoms in total. The predicted molar refractivity (Wildman–Crippen MR) is 69.0 cm³/mol. The minimum absolute atomic E-state index is 0.726. The summed E-state index contributed by atoms with van der Waals surface area (Å²) < 4.78 is 0. The van der Waals surface area contributed by atoms with E-state index in [4.69, 9.17) is 0 Å². The van der Waals surface area contributed by atoms with Gasteiger partial charge in [-0.1, -0.05) is 58.1 Å². The average Bonchev–Trinajstić information content (AvgIpc) is 2.26. The third-order valence-electron chi connectivity index (χ3n) is 4.40. The van der Waals surface area contributed by atoms with Gasteiger partial charge in [-0.25, -0.2) is 0 Å². The number of allylic oxidation sites excluding steroid dienone is 1. The van der Waals surface area contributed by atoms with Gasteiger partial charge in [0.15, 0.2) is 0 Å². The first-order valence-electron chi connectivity index (χ1n) is 6.80. The zero-order valence-corrected chi connectivity index (χ0v) is 10.9. The Balaban J connectivity index is 2.32. The number of hydrogen-bond acceptors (Lipinski definition) is 0. The Bertz CT molecular complexity index is 192. The largest absolute Gasteiger partial charge is 0.0999 e. The van der Waals surface area contributed by atoms with Crippen molar-refractivity contribution in [2.24, 2.45) is 17.8 Å². The molecular weight excluding hydrogens is 180 g/mol. The Kier molecular flexibility index (Phi) is 5.42. The van der Waals surface area contributed by atoms with E-state index in [2.05, 4.69) is 27.4 Å². The van der Waals surface area contributed by atoms with Crippen LogP contribution in [0.3, 0.4) is 0 Å². The predicted octanol–water partition coefficient (Wildman–Crippen LogP) is 5.20. The van der Waals surface area contributed by atoms with Gasteiger partial charge in [0.1, 0.15) is 0 Å². The Labute approximate surface area is 96.2 Å². The van der Waals surface area contributed by atoms with Crippen LogP contribution in [0.5, 0.6) is 0 Å². The average molecular weight is 208 g/mol. The molecule has 1 saturated carbocycles.